The molecular formula is C13H22N2O. The summed E-state index contributed by atoms with van der Waals surface area (Å²) in [5.74, 6) is 1.79. The zero-order chi connectivity index (χ0) is 10.8. The second-order valence-corrected chi connectivity index (χ2v) is 5.38. The van der Waals surface area contributed by atoms with E-state index >= 15 is 0 Å². The fraction of sp³-hybridized carbons (Fsp3) is 0.923. The lowest BCUT2D eigenvalue weighted by atomic mass is 10.0. The second kappa shape index (κ2) is 4.74. The molecule has 3 rings (SSSR count). The molecular weight excluding hydrogens is 200 g/mol. The molecule has 0 radical (unpaired) electrons. The molecule has 0 aromatic heterocycles. The molecule has 2 unspecified atom stereocenters. The molecule has 3 aliphatic rings. The van der Waals surface area contributed by atoms with Crippen molar-refractivity contribution in [2.24, 2.45) is 10.9 Å². The van der Waals surface area contributed by atoms with Crippen LogP contribution in [0.5, 0.6) is 0 Å². The average Bonchev–Trinajstić information content (AvgIpc) is 3.01. The normalized spacial score (nSPS) is 36.1. The summed E-state index contributed by atoms with van der Waals surface area (Å²) in [5.41, 5.74) is 0. The van der Waals surface area contributed by atoms with Crippen molar-refractivity contribution >= 4 is 5.90 Å². The molecule has 16 heavy (non-hydrogen) atoms. The Balaban J connectivity index is 1.54. The first-order valence-electron chi connectivity index (χ1n) is 6.88. The van der Waals surface area contributed by atoms with Gasteiger partial charge < -0.3 is 10.1 Å². The first-order chi connectivity index (χ1) is 7.93. The maximum absolute atomic E-state index is 6.07. The number of piperidine rings is 1. The summed E-state index contributed by atoms with van der Waals surface area (Å²) in [7, 11) is 0. The summed E-state index contributed by atoms with van der Waals surface area (Å²) in [5, 5.41) is 3.52. The summed E-state index contributed by atoms with van der Waals surface area (Å²) in [6.45, 7) is 2.04. The summed E-state index contributed by atoms with van der Waals surface area (Å²) in [6, 6.07) is 0.417. The number of ether oxygens (including phenoxy) is 1. The fourth-order valence-electron chi connectivity index (χ4n) is 3.24. The van der Waals surface area contributed by atoms with E-state index in [9.17, 15) is 0 Å². The van der Waals surface area contributed by atoms with Crippen LogP contribution in [0.1, 0.15) is 44.9 Å². The number of rotatable bonds is 2. The Morgan fingerprint density at radius 2 is 1.88 bits per heavy atom. The van der Waals surface area contributed by atoms with E-state index < -0.39 is 0 Å². The Kier molecular flexibility index (Phi) is 3.13. The zero-order valence-corrected chi connectivity index (χ0v) is 9.95. The van der Waals surface area contributed by atoms with Crippen LogP contribution in [0.2, 0.25) is 0 Å². The summed E-state index contributed by atoms with van der Waals surface area (Å²) < 4.78 is 6.07. The third-order valence-corrected chi connectivity index (χ3v) is 4.23. The highest BCUT2D eigenvalue weighted by molar-refractivity contribution is 5.83. The standard InChI is InChI=1S/C13H22N2O/c1-2-6-10(5-1)12-9-15-13(16-12)11-7-3-4-8-14-11/h10-12,14H,1-9H2. The maximum Gasteiger partial charge on any atom is 0.201 e. The van der Waals surface area contributed by atoms with Crippen LogP contribution >= 0.6 is 0 Å². The van der Waals surface area contributed by atoms with Gasteiger partial charge in [0.1, 0.15) is 6.10 Å². The lowest BCUT2D eigenvalue weighted by molar-refractivity contribution is 0.145. The van der Waals surface area contributed by atoms with Gasteiger partial charge in [-0.3, -0.25) is 4.99 Å². The van der Waals surface area contributed by atoms with E-state index in [-0.39, 0.29) is 0 Å². The largest absolute Gasteiger partial charge is 0.474 e. The maximum atomic E-state index is 6.07. The Bertz CT molecular complexity index is 265. The van der Waals surface area contributed by atoms with Crippen molar-refractivity contribution in [3.8, 4) is 0 Å². The number of aliphatic imine (C=N–C) groups is 1. The van der Waals surface area contributed by atoms with Gasteiger partial charge in [0.2, 0.25) is 5.90 Å². The molecule has 0 bridgehead atoms. The van der Waals surface area contributed by atoms with Crippen LogP contribution in [0, 0.1) is 5.92 Å². The minimum atomic E-state index is 0.404. The van der Waals surface area contributed by atoms with Crippen LogP contribution in [-0.2, 0) is 4.74 Å². The van der Waals surface area contributed by atoms with Crippen molar-refractivity contribution in [3.63, 3.8) is 0 Å². The van der Waals surface area contributed by atoms with Gasteiger partial charge in [0, 0.05) is 0 Å². The van der Waals surface area contributed by atoms with Crippen molar-refractivity contribution in [2.75, 3.05) is 13.1 Å². The highest BCUT2D eigenvalue weighted by atomic mass is 16.5. The van der Waals surface area contributed by atoms with E-state index in [1.54, 1.807) is 0 Å². The van der Waals surface area contributed by atoms with E-state index in [0.29, 0.717) is 12.1 Å². The lowest BCUT2D eigenvalue weighted by Gasteiger charge is -2.25. The first-order valence-corrected chi connectivity index (χ1v) is 6.88. The van der Waals surface area contributed by atoms with E-state index in [2.05, 4.69) is 10.3 Å². The molecule has 2 fully saturated rings. The second-order valence-electron chi connectivity index (χ2n) is 5.38. The van der Waals surface area contributed by atoms with Crippen LogP contribution in [0.4, 0.5) is 0 Å². The van der Waals surface area contributed by atoms with Gasteiger partial charge in [-0.1, -0.05) is 19.3 Å². The molecule has 3 nitrogen and oxygen atoms in total. The number of hydrogen-bond donors (Lipinski definition) is 1. The van der Waals surface area contributed by atoms with Crippen molar-refractivity contribution in [3.05, 3.63) is 0 Å². The molecule has 2 heterocycles. The third-order valence-electron chi connectivity index (χ3n) is 4.23. The molecule has 1 saturated heterocycles. The van der Waals surface area contributed by atoms with E-state index in [1.165, 1.54) is 44.9 Å². The molecule has 1 N–H and O–H groups in total. The summed E-state index contributed by atoms with van der Waals surface area (Å²) in [4.78, 5) is 4.62. The molecule has 2 aliphatic heterocycles. The highest BCUT2D eigenvalue weighted by Crippen LogP contribution is 2.31. The smallest absolute Gasteiger partial charge is 0.201 e. The lowest BCUT2D eigenvalue weighted by Crippen LogP contribution is -2.41. The van der Waals surface area contributed by atoms with Crippen LogP contribution in [-0.4, -0.2) is 31.1 Å². The van der Waals surface area contributed by atoms with Gasteiger partial charge in [-0.2, -0.15) is 0 Å². The van der Waals surface area contributed by atoms with Crippen molar-refractivity contribution < 1.29 is 4.74 Å². The number of nitrogens with one attached hydrogen (secondary N) is 1. The number of hydrogen-bond acceptors (Lipinski definition) is 3. The van der Waals surface area contributed by atoms with Gasteiger partial charge in [-0.05, 0) is 38.1 Å². The fourth-order valence-corrected chi connectivity index (χ4v) is 3.24. The van der Waals surface area contributed by atoms with Gasteiger partial charge in [-0.25, -0.2) is 0 Å². The molecule has 0 amide bonds. The highest BCUT2D eigenvalue weighted by Gasteiger charge is 2.33. The topological polar surface area (TPSA) is 33.6 Å². The van der Waals surface area contributed by atoms with Crippen molar-refractivity contribution in [1.29, 1.82) is 0 Å². The predicted octanol–water partition coefficient (Wildman–Crippen LogP) is 2.12. The van der Waals surface area contributed by atoms with Crippen LogP contribution < -0.4 is 5.32 Å². The molecule has 2 atom stereocenters. The van der Waals surface area contributed by atoms with Crippen LogP contribution in [0.25, 0.3) is 0 Å². The minimum Gasteiger partial charge on any atom is -0.474 e. The summed E-state index contributed by atoms with van der Waals surface area (Å²) in [6.07, 6.45) is 9.71. The molecule has 1 saturated carbocycles. The molecule has 90 valence electrons. The first kappa shape index (κ1) is 10.6. The molecule has 0 aromatic rings. The van der Waals surface area contributed by atoms with Crippen LogP contribution in [0.3, 0.4) is 0 Å². The van der Waals surface area contributed by atoms with Gasteiger partial charge in [0.05, 0.1) is 12.6 Å². The minimum absolute atomic E-state index is 0.404. The Labute approximate surface area is 97.7 Å². The molecule has 3 heteroatoms. The van der Waals surface area contributed by atoms with Crippen LogP contribution in [0.15, 0.2) is 4.99 Å². The molecule has 0 spiro atoms. The Morgan fingerprint density at radius 1 is 1.06 bits per heavy atom. The average molecular weight is 222 g/mol. The van der Waals surface area contributed by atoms with Crippen molar-refractivity contribution in [2.45, 2.75) is 57.1 Å². The third kappa shape index (κ3) is 2.10. The predicted molar refractivity (Wildman–Crippen MR) is 64.8 cm³/mol. The quantitative estimate of drug-likeness (QED) is 0.776. The van der Waals surface area contributed by atoms with E-state index in [0.717, 1.165) is 24.9 Å². The van der Waals surface area contributed by atoms with Crippen molar-refractivity contribution in [1.82, 2.24) is 5.32 Å². The van der Waals surface area contributed by atoms with E-state index in [1.807, 2.05) is 0 Å². The zero-order valence-electron chi connectivity index (χ0n) is 9.95. The molecule has 0 aromatic carbocycles. The Morgan fingerprint density at radius 3 is 2.62 bits per heavy atom. The SMILES string of the molecule is C1CCC(C2=NCC(C3CCCC3)O2)NC1. The van der Waals surface area contributed by atoms with Gasteiger partial charge in [-0.15, -0.1) is 0 Å². The van der Waals surface area contributed by atoms with Gasteiger partial charge >= 0.3 is 0 Å². The Hall–Kier alpha value is -0.570. The van der Waals surface area contributed by atoms with Gasteiger partial charge in [0.25, 0.3) is 0 Å². The summed E-state index contributed by atoms with van der Waals surface area (Å²) >= 11 is 0. The van der Waals surface area contributed by atoms with E-state index in [4.69, 9.17) is 4.74 Å². The molecule has 1 aliphatic carbocycles. The monoisotopic (exact) mass is 222 g/mol. The number of nitrogens with zero attached hydrogens (tertiary/aromatic N) is 1. The van der Waals surface area contributed by atoms with Gasteiger partial charge in [0.15, 0.2) is 0 Å².